The maximum atomic E-state index is 5.96. The normalized spacial score (nSPS) is 15.1. The Labute approximate surface area is 120 Å². The molecule has 0 aromatic heterocycles. The van der Waals surface area contributed by atoms with E-state index >= 15 is 0 Å². The van der Waals surface area contributed by atoms with Gasteiger partial charge in [0.2, 0.25) is 0 Å². The van der Waals surface area contributed by atoms with Gasteiger partial charge in [-0.2, -0.15) is 0 Å². The second kappa shape index (κ2) is 6.50. The van der Waals surface area contributed by atoms with Crippen molar-refractivity contribution in [3.63, 3.8) is 0 Å². The summed E-state index contributed by atoms with van der Waals surface area (Å²) in [6, 6.07) is 6.52. The van der Waals surface area contributed by atoms with Crippen molar-refractivity contribution in [2.75, 3.05) is 27.8 Å². The third-order valence-electron chi connectivity index (χ3n) is 3.58. The minimum atomic E-state index is 0.597. The maximum Gasteiger partial charge on any atom is 0.191 e. The topological polar surface area (TPSA) is 60.1 Å². The predicted molar refractivity (Wildman–Crippen MR) is 80.5 cm³/mol. The molecular weight excluding hydrogens is 254 g/mol. The molecule has 1 aromatic carbocycles. The summed E-state index contributed by atoms with van der Waals surface area (Å²) in [5.41, 5.74) is 7.12. The van der Waals surface area contributed by atoms with Crippen LogP contribution >= 0.6 is 0 Å². The van der Waals surface area contributed by atoms with Crippen molar-refractivity contribution in [2.45, 2.75) is 25.3 Å². The lowest BCUT2D eigenvalue weighted by Crippen LogP contribution is -2.35. The van der Waals surface area contributed by atoms with Crippen LogP contribution in [0.3, 0.4) is 0 Å². The minimum absolute atomic E-state index is 0.597. The molecule has 0 bridgehead atoms. The monoisotopic (exact) mass is 277 g/mol. The van der Waals surface area contributed by atoms with E-state index in [1.165, 1.54) is 12.8 Å². The Balaban J connectivity index is 1.91. The lowest BCUT2D eigenvalue weighted by molar-refractivity contribution is 0.354. The van der Waals surface area contributed by atoms with Crippen molar-refractivity contribution in [3.05, 3.63) is 23.8 Å². The van der Waals surface area contributed by atoms with E-state index in [2.05, 4.69) is 9.89 Å². The number of guanidine groups is 1. The van der Waals surface area contributed by atoms with Gasteiger partial charge in [0.15, 0.2) is 17.5 Å². The molecule has 2 N–H and O–H groups in total. The number of nitrogens with zero attached hydrogens (tertiary/aromatic N) is 2. The van der Waals surface area contributed by atoms with Crippen LogP contribution in [0.15, 0.2) is 23.2 Å². The van der Waals surface area contributed by atoms with E-state index in [-0.39, 0.29) is 0 Å². The Morgan fingerprint density at radius 3 is 2.60 bits per heavy atom. The summed E-state index contributed by atoms with van der Waals surface area (Å²) >= 11 is 0. The van der Waals surface area contributed by atoms with Crippen LogP contribution in [0.4, 0.5) is 0 Å². The van der Waals surface area contributed by atoms with Crippen LogP contribution in [-0.4, -0.2) is 44.7 Å². The highest BCUT2D eigenvalue weighted by Crippen LogP contribution is 2.27. The SMILES string of the molecule is COc1ccc(CCN=C(N)N(C)C2CC2)cc1OC. The van der Waals surface area contributed by atoms with Crippen LogP contribution < -0.4 is 15.2 Å². The molecule has 2 rings (SSSR count). The Morgan fingerprint density at radius 2 is 2.00 bits per heavy atom. The Hall–Kier alpha value is -1.91. The quantitative estimate of drug-likeness (QED) is 0.634. The number of ether oxygens (including phenoxy) is 2. The van der Waals surface area contributed by atoms with E-state index in [4.69, 9.17) is 15.2 Å². The van der Waals surface area contributed by atoms with Gasteiger partial charge >= 0.3 is 0 Å². The average molecular weight is 277 g/mol. The van der Waals surface area contributed by atoms with Gasteiger partial charge < -0.3 is 20.1 Å². The molecule has 0 atom stereocenters. The standard InChI is InChI=1S/C15H23N3O2/c1-18(12-5-6-12)15(16)17-9-8-11-4-7-13(19-2)14(10-11)20-3/h4,7,10,12H,5-6,8-9H2,1-3H3,(H2,16,17). The second-order valence-corrected chi connectivity index (χ2v) is 5.02. The first kappa shape index (κ1) is 14.5. The molecule has 0 heterocycles. The van der Waals surface area contributed by atoms with Crippen LogP contribution in [0, 0.1) is 0 Å². The molecule has 0 aliphatic heterocycles. The first-order chi connectivity index (χ1) is 9.65. The fraction of sp³-hybridized carbons (Fsp3) is 0.533. The lowest BCUT2D eigenvalue weighted by atomic mass is 10.1. The van der Waals surface area contributed by atoms with E-state index in [0.717, 1.165) is 23.5 Å². The van der Waals surface area contributed by atoms with E-state index < -0.39 is 0 Å². The van der Waals surface area contributed by atoms with Gasteiger partial charge in [-0.3, -0.25) is 4.99 Å². The van der Waals surface area contributed by atoms with Gasteiger partial charge in [-0.05, 0) is 37.0 Å². The van der Waals surface area contributed by atoms with Gasteiger partial charge in [-0.1, -0.05) is 6.07 Å². The molecule has 1 saturated carbocycles. The Bertz CT molecular complexity index is 484. The third-order valence-corrected chi connectivity index (χ3v) is 3.58. The van der Waals surface area contributed by atoms with Gasteiger partial charge in [0.1, 0.15) is 0 Å². The van der Waals surface area contributed by atoms with E-state index in [1.54, 1.807) is 14.2 Å². The maximum absolute atomic E-state index is 5.96. The van der Waals surface area contributed by atoms with Crippen LogP contribution in [0.5, 0.6) is 11.5 Å². The number of aliphatic imine (C=N–C) groups is 1. The van der Waals surface area contributed by atoms with Gasteiger partial charge in [0.25, 0.3) is 0 Å². The molecule has 20 heavy (non-hydrogen) atoms. The predicted octanol–water partition coefficient (Wildman–Crippen LogP) is 1.66. The van der Waals surface area contributed by atoms with Crippen molar-refractivity contribution in [2.24, 2.45) is 10.7 Å². The van der Waals surface area contributed by atoms with Crippen molar-refractivity contribution < 1.29 is 9.47 Å². The van der Waals surface area contributed by atoms with Crippen LogP contribution in [-0.2, 0) is 6.42 Å². The van der Waals surface area contributed by atoms with E-state index in [9.17, 15) is 0 Å². The van der Waals surface area contributed by atoms with E-state index in [1.807, 2.05) is 25.2 Å². The average Bonchev–Trinajstić information content (AvgIpc) is 3.30. The van der Waals surface area contributed by atoms with Gasteiger partial charge in [-0.15, -0.1) is 0 Å². The molecule has 0 spiro atoms. The molecule has 1 aliphatic carbocycles. The number of hydrogen-bond acceptors (Lipinski definition) is 3. The van der Waals surface area contributed by atoms with E-state index in [0.29, 0.717) is 18.5 Å². The second-order valence-electron chi connectivity index (χ2n) is 5.02. The zero-order valence-electron chi connectivity index (χ0n) is 12.4. The van der Waals surface area contributed by atoms with Crippen molar-refractivity contribution in [1.29, 1.82) is 0 Å². The molecule has 5 heteroatoms. The third kappa shape index (κ3) is 3.56. The van der Waals surface area contributed by atoms with Crippen molar-refractivity contribution in [3.8, 4) is 11.5 Å². The molecule has 0 saturated heterocycles. The zero-order chi connectivity index (χ0) is 14.5. The molecule has 110 valence electrons. The summed E-state index contributed by atoms with van der Waals surface area (Å²) in [7, 11) is 5.28. The Kier molecular flexibility index (Phi) is 4.71. The molecule has 1 aromatic rings. The number of methoxy groups -OCH3 is 2. The Morgan fingerprint density at radius 1 is 1.30 bits per heavy atom. The van der Waals surface area contributed by atoms with Crippen LogP contribution in [0.2, 0.25) is 0 Å². The first-order valence-corrected chi connectivity index (χ1v) is 6.89. The molecule has 1 fully saturated rings. The number of rotatable bonds is 6. The summed E-state index contributed by atoms with van der Waals surface area (Å²) in [6.45, 7) is 0.679. The lowest BCUT2D eigenvalue weighted by Gasteiger charge is -2.16. The fourth-order valence-corrected chi connectivity index (χ4v) is 2.10. The van der Waals surface area contributed by atoms with Gasteiger partial charge in [0.05, 0.1) is 14.2 Å². The summed E-state index contributed by atoms with van der Waals surface area (Å²) in [5, 5.41) is 0. The van der Waals surface area contributed by atoms with Crippen molar-refractivity contribution >= 4 is 5.96 Å². The van der Waals surface area contributed by atoms with Gasteiger partial charge in [-0.25, -0.2) is 0 Å². The fourth-order valence-electron chi connectivity index (χ4n) is 2.10. The first-order valence-electron chi connectivity index (χ1n) is 6.89. The smallest absolute Gasteiger partial charge is 0.191 e. The molecule has 1 aliphatic rings. The summed E-state index contributed by atoms with van der Waals surface area (Å²) < 4.78 is 10.5. The molecular formula is C15H23N3O2. The molecule has 0 amide bonds. The van der Waals surface area contributed by atoms with Crippen molar-refractivity contribution in [1.82, 2.24) is 4.90 Å². The van der Waals surface area contributed by atoms with Crippen LogP contribution in [0.1, 0.15) is 18.4 Å². The molecule has 0 radical (unpaired) electrons. The number of hydrogen-bond donors (Lipinski definition) is 1. The minimum Gasteiger partial charge on any atom is -0.493 e. The largest absolute Gasteiger partial charge is 0.493 e. The summed E-state index contributed by atoms with van der Waals surface area (Å²) in [6.07, 6.45) is 3.28. The highest BCUT2D eigenvalue weighted by molar-refractivity contribution is 5.78. The molecule has 5 nitrogen and oxygen atoms in total. The number of benzene rings is 1. The summed E-state index contributed by atoms with van der Waals surface area (Å²) in [5.74, 6) is 2.12. The van der Waals surface area contributed by atoms with Gasteiger partial charge in [0, 0.05) is 19.6 Å². The summed E-state index contributed by atoms with van der Waals surface area (Å²) in [4.78, 5) is 6.49. The van der Waals surface area contributed by atoms with Crippen LogP contribution in [0.25, 0.3) is 0 Å². The zero-order valence-corrected chi connectivity index (χ0v) is 12.4. The molecule has 0 unspecified atom stereocenters. The number of nitrogens with two attached hydrogens (primary N) is 1. The highest BCUT2D eigenvalue weighted by Gasteiger charge is 2.27. The highest BCUT2D eigenvalue weighted by atomic mass is 16.5.